The maximum atomic E-state index is 13.5. The van der Waals surface area contributed by atoms with Gasteiger partial charge in [-0.3, -0.25) is 14.6 Å². The largest absolute Gasteiger partial charge is 0.495 e. The van der Waals surface area contributed by atoms with Crippen LogP contribution in [0.25, 0.3) is 10.6 Å². The lowest BCUT2D eigenvalue weighted by molar-refractivity contribution is 0.101. The van der Waals surface area contributed by atoms with Crippen molar-refractivity contribution in [2.24, 2.45) is 0 Å². The highest BCUT2D eigenvalue weighted by molar-refractivity contribution is 7.13. The van der Waals surface area contributed by atoms with Gasteiger partial charge in [0.2, 0.25) is 0 Å². The predicted octanol–water partition coefficient (Wildman–Crippen LogP) is 5.77. The summed E-state index contributed by atoms with van der Waals surface area (Å²) in [4.78, 5) is 31.0. The number of pyridine rings is 1. The van der Waals surface area contributed by atoms with E-state index >= 15 is 0 Å². The van der Waals surface area contributed by atoms with Crippen LogP contribution in [0.3, 0.4) is 0 Å². The van der Waals surface area contributed by atoms with Crippen LogP contribution in [0.5, 0.6) is 5.75 Å². The molecule has 2 aromatic heterocycles. The van der Waals surface area contributed by atoms with Crippen LogP contribution in [0.1, 0.15) is 26.4 Å². The first-order chi connectivity index (χ1) is 15.9. The smallest absolute Gasteiger partial charge is 0.257 e. The van der Waals surface area contributed by atoms with Gasteiger partial charge in [-0.15, -0.1) is 11.3 Å². The molecule has 0 aliphatic rings. The Bertz CT molecular complexity index is 1320. The molecule has 166 valence electrons. The minimum absolute atomic E-state index is 0.166. The molecule has 0 saturated carbocycles. The number of halogens is 1. The van der Waals surface area contributed by atoms with E-state index in [9.17, 15) is 14.0 Å². The van der Waals surface area contributed by atoms with Gasteiger partial charge in [0.25, 0.3) is 11.8 Å². The number of carbonyl (C=O) groups excluding carboxylic acids is 2. The van der Waals surface area contributed by atoms with Crippen molar-refractivity contribution < 1.29 is 18.7 Å². The molecule has 8 heteroatoms. The number of thiophene rings is 1. The molecule has 33 heavy (non-hydrogen) atoms. The number of nitrogens with one attached hydrogen (secondary N) is 2. The second-order valence-electron chi connectivity index (χ2n) is 7.14. The maximum absolute atomic E-state index is 13.5. The number of ether oxygens (including phenoxy) is 1. The van der Waals surface area contributed by atoms with Gasteiger partial charge in [0.1, 0.15) is 11.6 Å². The van der Waals surface area contributed by atoms with Gasteiger partial charge in [-0.05, 0) is 66.9 Å². The van der Waals surface area contributed by atoms with E-state index in [-0.39, 0.29) is 11.5 Å². The highest BCUT2D eigenvalue weighted by Crippen LogP contribution is 2.29. The fraction of sp³-hybridized carbons (Fsp3) is 0.0800. The van der Waals surface area contributed by atoms with Crippen molar-refractivity contribution in [1.82, 2.24) is 4.98 Å². The number of anilines is 2. The molecule has 0 unspecified atom stereocenters. The van der Waals surface area contributed by atoms with Gasteiger partial charge < -0.3 is 15.4 Å². The summed E-state index contributed by atoms with van der Waals surface area (Å²) in [6.45, 7) is 1.78. The molecule has 0 saturated heterocycles. The van der Waals surface area contributed by atoms with Crippen molar-refractivity contribution in [1.29, 1.82) is 0 Å². The van der Waals surface area contributed by atoms with Crippen LogP contribution in [0, 0.1) is 12.7 Å². The first kappa shape index (κ1) is 22.2. The second kappa shape index (κ2) is 9.62. The van der Waals surface area contributed by atoms with Gasteiger partial charge in [0.05, 0.1) is 34.6 Å². The number of carbonyl (C=O) groups is 2. The summed E-state index contributed by atoms with van der Waals surface area (Å²) in [5.41, 5.74) is 2.82. The number of benzene rings is 2. The molecule has 0 aliphatic carbocycles. The average Bonchev–Trinajstić information content (AvgIpc) is 3.34. The van der Waals surface area contributed by atoms with Crippen molar-refractivity contribution in [2.45, 2.75) is 6.92 Å². The second-order valence-corrected chi connectivity index (χ2v) is 8.09. The van der Waals surface area contributed by atoms with Crippen LogP contribution in [0.2, 0.25) is 0 Å². The van der Waals surface area contributed by atoms with E-state index in [1.54, 1.807) is 42.5 Å². The zero-order chi connectivity index (χ0) is 23.4. The topological polar surface area (TPSA) is 80.3 Å². The number of hydrogen-bond acceptors (Lipinski definition) is 5. The van der Waals surface area contributed by atoms with Gasteiger partial charge in [-0.2, -0.15) is 0 Å². The first-order valence-electron chi connectivity index (χ1n) is 10.0. The molecule has 4 aromatic rings. The highest BCUT2D eigenvalue weighted by atomic mass is 32.1. The third-order valence-corrected chi connectivity index (χ3v) is 5.79. The Kier molecular flexibility index (Phi) is 6.46. The number of amides is 2. The van der Waals surface area contributed by atoms with Crippen molar-refractivity contribution in [3.05, 3.63) is 94.7 Å². The molecule has 0 atom stereocenters. The molecule has 2 heterocycles. The summed E-state index contributed by atoms with van der Waals surface area (Å²) in [6, 6.07) is 17.7. The van der Waals surface area contributed by atoms with E-state index in [1.807, 2.05) is 23.6 Å². The molecule has 2 amide bonds. The Morgan fingerprint density at radius 2 is 1.82 bits per heavy atom. The summed E-state index contributed by atoms with van der Waals surface area (Å²) in [5, 5.41) is 7.50. The number of aryl methyl sites for hydroxylation is 1. The minimum atomic E-state index is -0.510. The molecule has 6 nitrogen and oxygen atoms in total. The standard InChI is InChI=1S/C25H20FN3O3S/c1-15-19(9-10-20(27-15)23-7-4-12-33-23)25(31)28-18-8-11-22(32-2)21(14-18)29-24(30)16-5-3-6-17(26)13-16/h3-14H,1-2H3,(H,28,31)(H,29,30). The summed E-state index contributed by atoms with van der Waals surface area (Å²) in [5.74, 6) is -0.939. The number of aromatic nitrogens is 1. The number of methoxy groups -OCH3 is 1. The van der Waals surface area contributed by atoms with Crippen LogP contribution in [0.4, 0.5) is 15.8 Å². The zero-order valence-electron chi connectivity index (χ0n) is 17.9. The van der Waals surface area contributed by atoms with E-state index in [2.05, 4.69) is 15.6 Å². The van der Waals surface area contributed by atoms with Crippen LogP contribution in [0.15, 0.2) is 72.1 Å². The average molecular weight is 462 g/mol. The fourth-order valence-corrected chi connectivity index (χ4v) is 3.96. The Labute approximate surface area is 194 Å². The van der Waals surface area contributed by atoms with Crippen molar-refractivity contribution >= 4 is 34.5 Å². The summed E-state index contributed by atoms with van der Waals surface area (Å²) in [7, 11) is 1.47. The SMILES string of the molecule is COc1ccc(NC(=O)c2ccc(-c3cccs3)nc2C)cc1NC(=O)c1cccc(F)c1. The lowest BCUT2D eigenvalue weighted by Crippen LogP contribution is -2.16. The lowest BCUT2D eigenvalue weighted by Gasteiger charge is -2.13. The Hall–Kier alpha value is -4.04. The van der Waals surface area contributed by atoms with Crippen LogP contribution >= 0.6 is 11.3 Å². The minimum Gasteiger partial charge on any atom is -0.495 e. The number of nitrogens with zero attached hydrogens (tertiary/aromatic N) is 1. The number of hydrogen-bond donors (Lipinski definition) is 2. The molecule has 0 radical (unpaired) electrons. The van der Waals surface area contributed by atoms with E-state index in [1.165, 1.54) is 25.3 Å². The van der Waals surface area contributed by atoms with E-state index in [0.29, 0.717) is 28.4 Å². The molecule has 0 bridgehead atoms. The van der Waals surface area contributed by atoms with Crippen molar-refractivity contribution in [3.8, 4) is 16.3 Å². The van der Waals surface area contributed by atoms with Crippen LogP contribution in [-0.4, -0.2) is 23.9 Å². The van der Waals surface area contributed by atoms with Gasteiger partial charge >= 0.3 is 0 Å². The first-order valence-corrected chi connectivity index (χ1v) is 10.9. The maximum Gasteiger partial charge on any atom is 0.257 e. The Morgan fingerprint density at radius 3 is 2.52 bits per heavy atom. The predicted molar refractivity (Wildman–Crippen MR) is 128 cm³/mol. The van der Waals surface area contributed by atoms with Crippen molar-refractivity contribution in [2.75, 3.05) is 17.7 Å². The highest BCUT2D eigenvalue weighted by Gasteiger charge is 2.15. The van der Waals surface area contributed by atoms with Gasteiger partial charge in [-0.1, -0.05) is 12.1 Å². The van der Waals surface area contributed by atoms with Crippen LogP contribution in [-0.2, 0) is 0 Å². The molecule has 2 N–H and O–H groups in total. The molecule has 4 rings (SSSR count). The molecular weight excluding hydrogens is 441 g/mol. The molecular formula is C25H20FN3O3S. The third-order valence-electron chi connectivity index (χ3n) is 4.90. The normalized spacial score (nSPS) is 10.5. The quantitative estimate of drug-likeness (QED) is 0.382. The van der Waals surface area contributed by atoms with E-state index in [0.717, 1.165) is 16.6 Å². The van der Waals surface area contributed by atoms with Gasteiger partial charge in [0.15, 0.2) is 0 Å². The zero-order valence-corrected chi connectivity index (χ0v) is 18.7. The fourth-order valence-electron chi connectivity index (χ4n) is 3.27. The third kappa shape index (κ3) is 5.07. The van der Waals surface area contributed by atoms with E-state index < -0.39 is 11.7 Å². The van der Waals surface area contributed by atoms with Gasteiger partial charge in [0, 0.05) is 11.3 Å². The lowest BCUT2D eigenvalue weighted by atomic mass is 10.1. The van der Waals surface area contributed by atoms with Crippen molar-refractivity contribution in [3.63, 3.8) is 0 Å². The van der Waals surface area contributed by atoms with E-state index in [4.69, 9.17) is 4.74 Å². The number of rotatable bonds is 6. The Morgan fingerprint density at radius 1 is 0.970 bits per heavy atom. The summed E-state index contributed by atoms with van der Waals surface area (Å²) < 4.78 is 18.8. The molecule has 0 fully saturated rings. The molecule has 2 aromatic carbocycles. The molecule has 0 spiro atoms. The van der Waals surface area contributed by atoms with Crippen LogP contribution < -0.4 is 15.4 Å². The molecule has 0 aliphatic heterocycles. The Balaban J connectivity index is 1.54. The summed E-state index contributed by atoms with van der Waals surface area (Å²) >= 11 is 1.58. The monoisotopic (exact) mass is 461 g/mol. The summed E-state index contributed by atoms with van der Waals surface area (Å²) in [6.07, 6.45) is 0. The van der Waals surface area contributed by atoms with Gasteiger partial charge in [-0.25, -0.2) is 4.39 Å².